The first-order valence-corrected chi connectivity index (χ1v) is 11.5. The molecule has 0 aliphatic carbocycles. The molecule has 1 atom stereocenters. The van der Waals surface area contributed by atoms with Gasteiger partial charge in [-0.3, -0.25) is 0 Å². The van der Waals surface area contributed by atoms with E-state index in [9.17, 15) is 97.3 Å². The normalized spacial score (nSPS) is 17.1. The van der Waals surface area contributed by atoms with Crippen molar-refractivity contribution < 1.29 is 102 Å². The summed E-state index contributed by atoms with van der Waals surface area (Å²) in [5.74, 6) is -78.9. The van der Waals surface area contributed by atoms with Crippen LogP contribution in [0.5, 0.6) is 0 Å². The summed E-state index contributed by atoms with van der Waals surface area (Å²) < 4.78 is 280. The highest BCUT2D eigenvalue weighted by Crippen LogP contribution is 2.66. The van der Waals surface area contributed by atoms with Gasteiger partial charge in [0.2, 0.25) is 0 Å². The Labute approximate surface area is 225 Å². The van der Waals surface area contributed by atoms with Gasteiger partial charge in [-0.25, -0.2) is 0 Å². The van der Waals surface area contributed by atoms with Gasteiger partial charge in [-0.05, 0) is 5.75 Å². The number of hydrogen-bond donors (Lipinski definition) is 1. The number of thioether (sulfide) groups is 1. The fourth-order valence-corrected chi connectivity index (χ4v) is 3.80. The van der Waals surface area contributed by atoms with Crippen LogP contribution in [-0.2, 0) is 0 Å². The van der Waals surface area contributed by atoms with Crippen LogP contribution in [0.1, 0.15) is 6.42 Å². The molecule has 0 radical (unpaired) electrons. The van der Waals surface area contributed by atoms with E-state index < -0.39 is 83.5 Å². The molecule has 1 N–H and O–H groups in total. The highest BCUT2D eigenvalue weighted by molar-refractivity contribution is 7.99. The summed E-state index contributed by atoms with van der Waals surface area (Å²) in [4.78, 5) is 0. The van der Waals surface area contributed by atoms with E-state index in [1.165, 1.54) is 21.1 Å². The van der Waals surface area contributed by atoms with E-state index >= 15 is 0 Å². The summed E-state index contributed by atoms with van der Waals surface area (Å²) >= 11 is 0.0640. The average molecular weight is 696 g/mol. The minimum absolute atomic E-state index is 0.0228. The maximum Gasteiger partial charge on any atom is 0.460 e. The first kappa shape index (κ1) is 40.8. The van der Waals surface area contributed by atoms with E-state index in [4.69, 9.17) is 0 Å². The molecule has 0 amide bonds. The Hall–Kier alpha value is -1.20. The van der Waals surface area contributed by atoms with Gasteiger partial charge in [0.25, 0.3) is 0 Å². The minimum Gasteiger partial charge on any atom is -0.386 e. The third-order valence-corrected chi connectivity index (χ3v) is 6.32. The molecule has 0 rings (SSSR count). The zero-order valence-electron chi connectivity index (χ0n) is 20.6. The van der Waals surface area contributed by atoms with Crippen molar-refractivity contribution in [2.24, 2.45) is 0 Å². The lowest BCUT2D eigenvalue weighted by Gasteiger charge is -2.44. The van der Waals surface area contributed by atoms with Gasteiger partial charge in [0, 0.05) is 12.2 Å². The molecule has 0 fully saturated rings. The van der Waals surface area contributed by atoms with Gasteiger partial charge in [0.1, 0.15) is 12.6 Å². The van der Waals surface area contributed by atoms with E-state index in [0.29, 0.717) is 0 Å². The molecule has 2 nitrogen and oxygen atoms in total. The number of aliphatic hydroxyl groups excluding tert-OH is 1. The zero-order chi connectivity index (χ0) is 34.6. The third-order valence-electron chi connectivity index (χ3n) is 5.20. The number of hydrogen-bond acceptors (Lipinski definition) is 2. The lowest BCUT2D eigenvalue weighted by atomic mass is 9.86. The number of aliphatic hydroxyl groups is 1. The molecule has 0 aromatic rings. The number of likely N-dealkylation sites (N-methyl/N-ethyl adjacent to an activating group) is 1. The molecule has 0 aliphatic rings. The topological polar surface area (TPSA) is 20.2 Å². The molecule has 42 heavy (non-hydrogen) atoms. The second kappa shape index (κ2) is 11.3. The molecule has 0 saturated carbocycles. The predicted molar refractivity (Wildman–Crippen MR) is 101 cm³/mol. The van der Waals surface area contributed by atoms with Crippen LogP contribution < -0.4 is 0 Å². The van der Waals surface area contributed by atoms with Crippen LogP contribution in [0.3, 0.4) is 0 Å². The van der Waals surface area contributed by atoms with E-state index in [1.54, 1.807) is 0 Å². The Kier molecular flexibility index (Phi) is 11.0. The maximum atomic E-state index is 13.9. The molecule has 0 aliphatic heterocycles. The molecular weight excluding hydrogens is 677 g/mol. The van der Waals surface area contributed by atoms with Crippen LogP contribution in [0.2, 0.25) is 0 Å². The number of halogens is 21. The maximum absolute atomic E-state index is 13.9. The van der Waals surface area contributed by atoms with Gasteiger partial charge in [-0.2, -0.15) is 104 Å². The molecule has 24 heteroatoms. The first-order chi connectivity index (χ1) is 17.9. The summed E-state index contributed by atoms with van der Waals surface area (Å²) in [5.41, 5.74) is 0. The van der Waals surface area contributed by atoms with Crippen LogP contribution in [0, 0.1) is 0 Å². The Morgan fingerprint density at radius 2 is 0.786 bits per heavy atom. The Balaban J connectivity index is 6.46. The van der Waals surface area contributed by atoms with Crippen LogP contribution >= 0.6 is 11.8 Å². The Morgan fingerprint density at radius 3 is 1.07 bits per heavy atom. The minimum atomic E-state index is -9.17. The molecule has 1 unspecified atom stereocenters. The van der Waals surface area contributed by atoms with Crippen LogP contribution in [0.15, 0.2) is 0 Å². The van der Waals surface area contributed by atoms with E-state index in [0.717, 1.165) is 0 Å². The summed E-state index contributed by atoms with van der Waals surface area (Å²) in [6.07, 6.45) is -12.1. The number of nitrogens with zero attached hydrogens (tertiary/aromatic N) is 1. The van der Waals surface area contributed by atoms with Crippen molar-refractivity contribution in [3.63, 3.8) is 0 Å². The lowest BCUT2D eigenvalue weighted by Crippen LogP contribution is -2.76. The highest BCUT2D eigenvalue weighted by atomic mass is 32.2. The number of rotatable bonds is 15. The second-order valence-corrected chi connectivity index (χ2v) is 10.9. The van der Waals surface area contributed by atoms with Crippen LogP contribution in [0.25, 0.3) is 0 Å². The van der Waals surface area contributed by atoms with E-state index in [2.05, 4.69) is 0 Å². The van der Waals surface area contributed by atoms with Crippen molar-refractivity contribution in [1.29, 1.82) is 0 Å². The second-order valence-electron chi connectivity index (χ2n) is 9.75. The van der Waals surface area contributed by atoms with Crippen molar-refractivity contribution in [3.8, 4) is 0 Å². The van der Waals surface area contributed by atoms with Crippen molar-refractivity contribution >= 4 is 11.8 Å². The molecular formula is C18H19F21NOS+. The van der Waals surface area contributed by atoms with Gasteiger partial charge >= 0.3 is 59.5 Å². The molecule has 0 aromatic carbocycles. The smallest absolute Gasteiger partial charge is 0.386 e. The van der Waals surface area contributed by atoms with Crippen molar-refractivity contribution in [2.45, 2.75) is 72.0 Å². The quantitative estimate of drug-likeness (QED) is 0.109. The third kappa shape index (κ3) is 6.44. The number of alkyl halides is 21. The largest absolute Gasteiger partial charge is 0.460 e. The summed E-state index contributed by atoms with van der Waals surface area (Å²) in [6, 6.07) is 0. The monoisotopic (exact) mass is 696 g/mol. The summed E-state index contributed by atoms with van der Waals surface area (Å²) in [6.45, 7) is -0.133. The van der Waals surface area contributed by atoms with Gasteiger partial charge in [-0.15, -0.1) is 0 Å². The van der Waals surface area contributed by atoms with Gasteiger partial charge in [-0.1, -0.05) is 0 Å². The van der Waals surface area contributed by atoms with Crippen molar-refractivity contribution in [1.82, 2.24) is 0 Å². The Morgan fingerprint density at radius 1 is 0.500 bits per heavy atom. The predicted octanol–water partition coefficient (Wildman–Crippen LogP) is 7.46. The standard InChI is InChI=1S/C18H19F21NOS/c1-40(2,3)6-8(41)7-42-5-4-9(19,20)10(21,22)11(23,24)12(25,26)13(27,28)14(29,30)15(31,32)16(33,34)17(35,36)18(37,38)39/h8,41H,4-7H2,1-3H3/q+1. The SMILES string of the molecule is C[N+](C)(C)CC(O)CSCCC(F)(F)C(F)(F)C(F)(F)C(F)(F)C(F)(F)C(F)(F)C(F)(F)C(F)(F)C(F)(F)C(F)(F)F. The average Bonchev–Trinajstić information content (AvgIpc) is 2.73. The fourth-order valence-electron chi connectivity index (χ4n) is 2.85. The van der Waals surface area contributed by atoms with Crippen LogP contribution in [0.4, 0.5) is 92.2 Å². The first-order valence-electron chi connectivity index (χ1n) is 10.4. The Bertz CT molecular complexity index is 923. The lowest BCUT2D eigenvalue weighted by molar-refractivity contribution is -0.873. The molecule has 0 spiro atoms. The molecule has 0 heterocycles. The fraction of sp³-hybridized carbons (Fsp3) is 1.00. The van der Waals surface area contributed by atoms with Crippen molar-refractivity contribution in [3.05, 3.63) is 0 Å². The van der Waals surface area contributed by atoms with Gasteiger partial charge < -0.3 is 9.59 Å². The van der Waals surface area contributed by atoms with Gasteiger partial charge in [0.05, 0.1) is 21.1 Å². The molecule has 0 aromatic heterocycles. The summed E-state index contributed by atoms with van der Waals surface area (Å²) in [5, 5.41) is 9.62. The molecule has 0 bridgehead atoms. The van der Waals surface area contributed by atoms with Gasteiger partial charge in [0.15, 0.2) is 0 Å². The molecule has 254 valence electrons. The molecule has 0 saturated heterocycles. The summed E-state index contributed by atoms with van der Waals surface area (Å²) in [7, 11) is 4.47. The van der Waals surface area contributed by atoms with Crippen molar-refractivity contribution in [2.75, 3.05) is 39.2 Å². The zero-order valence-corrected chi connectivity index (χ0v) is 21.5. The van der Waals surface area contributed by atoms with E-state index in [1.807, 2.05) is 0 Å². The van der Waals surface area contributed by atoms with E-state index in [-0.39, 0.29) is 22.8 Å². The number of quaternary nitrogens is 1. The van der Waals surface area contributed by atoms with Crippen LogP contribution in [-0.4, -0.2) is 114 Å². The highest BCUT2D eigenvalue weighted by Gasteiger charge is 2.97.